The van der Waals surface area contributed by atoms with Crippen molar-refractivity contribution >= 4 is 11.7 Å². The third kappa shape index (κ3) is 4.43. The molecular weight excluding hydrogens is 274 g/mol. The van der Waals surface area contributed by atoms with Crippen molar-refractivity contribution in [3.05, 3.63) is 35.4 Å². The van der Waals surface area contributed by atoms with E-state index >= 15 is 0 Å². The van der Waals surface area contributed by atoms with Crippen molar-refractivity contribution in [1.82, 2.24) is 5.32 Å². The second kappa shape index (κ2) is 7.57. The van der Waals surface area contributed by atoms with Gasteiger partial charge in [0.2, 0.25) is 5.91 Å². The van der Waals surface area contributed by atoms with E-state index in [4.69, 9.17) is 0 Å². The predicted octanol–water partition coefficient (Wildman–Crippen LogP) is 3.90. The molecule has 120 valence electrons. The highest BCUT2D eigenvalue weighted by atomic mass is 16.2. The Morgan fingerprint density at radius 1 is 1.09 bits per heavy atom. The number of carbonyl (C=O) groups is 2. The Balaban J connectivity index is 1.80. The molecule has 0 aromatic heterocycles. The molecule has 0 saturated heterocycles. The quantitative estimate of drug-likeness (QED) is 0.838. The van der Waals surface area contributed by atoms with Gasteiger partial charge >= 0.3 is 0 Å². The summed E-state index contributed by atoms with van der Waals surface area (Å²) in [5, 5.41) is 3.12. The topological polar surface area (TPSA) is 46.2 Å². The van der Waals surface area contributed by atoms with Gasteiger partial charge in [0.15, 0.2) is 5.78 Å². The summed E-state index contributed by atoms with van der Waals surface area (Å²) in [6, 6.07) is 7.79. The molecule has 0 aliphatic heterocycles. The summed E-state index contributed by atoms with van der Waals surface area (Å²) in [5.41, 5.74) is 1.83. The van der Waals surface area contributed by atoms with E-state index in [0.29, 0.717) is 17.4 Å². The molecule has 0 spiro atoms. The van der Waals surface area contributed by atoms with E-state index in [1.165, 1.54) is 12.8 Å². The van der Waals surface area contributed by atoms with Gasteiger partial charge in [-0.1, -0.05) is 56.5 Å². The molecular formula is C19H27NO2. The van der Waals surface area contributed by atoms with Crippen molar-refractivity contribution in [1.29, 1.82) is 0 Å². The van der Waals surface area contributed by atoms with Crippen LogP contribution in [0.25, 0.3) is 0 Å². The van der Waals surface area contributed by atoms with Crippen LogP contribution >= 0.6 is 0 Å². The fourth-order valence-electron chi connectivity index (χ4n) is 3.18. The van der Waals surface area contributed by atoms with Crippen LogP contribution in [-0.4, -0.2) is 17.7 Å². The largest absolute Gasteiger partial charge is 0.353 e. The van der Waals surface area contributed by atoms with E-state index in [1.807, 2.05) is 31.2 Å². The first-order valence-corrected chi connectivity index (χ1v) is 8.36. The monoisotopic (exact) mass is 301 g/mol. The van der Waals surface area contributed by atoms with Gasteiger partial charge in [0.05, 0.1) is 0 Å². The van der Waals surface area contributed by atoms with Crippen LogP contribution in [0.5, 0.6) is 0 Å². The standard InChI is InChI=1S/C19H27NO2/c1-13-7-9-16(10-8-13)18(21)11-12-19(22)20-17-6-4-5-14(2)15(17)3/h7-10,14-15,17H,4-6,11-12H2,1-3H3,(H,20,22)/t14-,15+,17+/m0/s1. The van der Waals surface area contributed by atoms with E-state index in [1.54, 1.807) is 0 Å². The number of rotatable bonds is 5. The molecule has 1 aromatic rings. The Labute approximate surface area is 133 Å². The van der Waals surface area contributed by atoms with Crippen LogP contribution in [0.2, 0.25) is 0 Å². The molecule has 1 aliphatic rings. The lowest BCUT2D eigenvalue weighted by atomic mass is 9.78. The zero-order chi connectivity index (χ0) is 16.1. The van der Waals surface area contributed by atoms with Crippen LogP contribution in [0.15, 0.2) is 24.3 Å². The van der Waals surface area contributed by atoms with Crippen molar-refractivity contribution in [3.8, 4) is 0 Å². The van der Waals surface area contributed by atoms with E-state index in [9.17, 15) is 9.59 Å². The fourth-order valence-corrected chi connectivity index (χ4v) is 3.18. The lowest BCUT2D eigenvalue weighted by molar-refractivity contribution is -0.122. The molecule has 1 aliphatic carbocycles. The minimum absolute atomic E-state index is 0.00594. The Morgan fingerprint density at radius 2 is 1.77 bits per heavy atom. The predicted molar refractivity (Wildman–Crippen MR) is 88.9 cm³/mol. The average molecular weight is 301 g/mol. The van der Waals surface area contributed by atoms with E-state index in [0.717, 1.165) is 12.0 Å². The van der Waals surface area contributed by atoms with E-state index in [-0.39, 0.29) is 30.6 Å². The van der Waals surface area contributed by atoms with Crippen LogP contribution in [0, 0.1) is 18.8 Å². The van der Waals surface area contributed by atoms with Gasteiger partial charge in [0.25, 0.3) is 0 Å². The van der Waals surface area contributed by atoms with Crippen molar-refractivity contribution in [2.45, 2.75) is 58.9 Å². The zero-order valence-corrected chi connectivity index (χ0v) is 13.9. The lowest BCUT2D eigenvalue weighted by Gasteiger charge is -2.34. The van der Waals surface area contributed by atoms with Crippen LogP contribution in [0.1, 0.15) is 61.9 Å². The minimum Gasteiger partial charge on any atom is -0.353 e. The van der Waals surface area contributed by atoms with Gasteiger partial charge < -0.3 is 5.32 Å². The first-order chi connectivity index (χ1) is 10.5. The molecule has 1 N–H and O–H groups in total. The Kier molecular flexibility index (Phi) is 5.76. The molecule has 22 heavy (non-hydrogen) atoms. The smallest absolute Gasteiger partial charge is 0.220 e. The van der Waals surface area contributed by atoms with Gasteiger partial charge in [-0.2, -0.15) is 0 Å². The van der Waals surface area contributed by atoms with Crippen LogP contribution < -0.4 is 5.32 Å². The van der Waals surface area contributed by atoms with E-state index < -0.39 is 0 Å². The van der Waals surface area contributed by atoms with Gasteiger partial charge in [-0.25, -0.2) is 0 Å². The summed E-state index contributed by atoms with van der Waals surface area (Å²) in [7, 11) is 0. The zero-order valence-electron chi connectivity index (χ0n) is 13.9. The normalized spacial score (nSPS) is 24.8. The number of Topliss-reactive ketones (excluding diaryl/α,β-unsaturated/α-hetero) is 1. The number of hydrogen-bond acceptors (Lipinski definition) is 2. The molecule has 1 aromatic carbocycles. The number of ketones is 1. The number of amides is 1. The molecule has 0 unspecified atom stereocenters. The fraction of sp³-hybridized carbons (Fsp3) is 0.579. The number of carbonyl (C=O) groups excluding carboxylic acids is 2. The second-order valence-electron chi connectivity index (χ2n) is 6.73. The molecule has 3 heteroatoms. The molecule has 0 heterocycles. The van der Waals surface area contributed by atoms with Gasteiger partial charge in [-0.3, -0.25) is 9.59 Å². The summed E-state index contributed by atoms with van der Waals surface area (Å²) in [6.45, 7) is 6.46. The van der Waals surface area contributed by atoms with Gasteiger partial charge in [0, 0.05) is 24.4 Å². The van der Waals surface area contributed by atoms with Crippen LogP contribution in [0.3, 0.4) is 0 Å². The Morgan fingerprint density at radius 3 is 2.45 bits per heavy atom. The maximum absolute atomic E-state index is 12.1. The molecule has 1 fully saturated rings. The summed E-state index contributed by atoms with van der Waals surface area (Å²) in [5.74, 6) is 1.23. The van der Waals surface area contributed by atoms with Gasteiger partial charge in [-0.15, -0.1) is 0 Å². The summed E-state index contributed by atoms with van der Waals surface area (Å²) < 4.78 is 0. The highest BCUT2D eigenvalue weighted by Gasteiger charge is 2.28. The lowest BCUT2D eigenvalue weighted by Crippen LogP contribution is -2.43. The van der Waals surface area contributed by atoms with Crippen molar-refractivity contribution in [3.63, 3.8) is 0 Å². The number of nitrogens with one attached hydrogen (secondary N) is 1. The van der Waals surface area contributed by atoms with Crippen molar-refractivity contribution in [2.24, 2.45) is 11.8 Å². The summed E-state index contributed by atoms with van der Waals surface area (Å²) in [4.78, 5) is 24.2. The van der Waals surface area contributed by atoms with E-state index in [2.05, 4.69) is 19.2 Å². The first kappa shape index (κ1) is 16.7. The summed E-state index contributed by atoms with van der Waals surface area (Å²) in [6.07, 6.45) is 4.05. The van der Waals surface area contributed by atoms with Gasteiger partial charge in [-0.05, 0) is 25.2 Å². The minimum atomic E-state index is 0.00594. The highest BCUT2D eigenvalue weighted by Crippen LogP contribution is 2.29. The number of hydrogen-bond donors (Lipinski definition) is 1. The maximum Gasteiger partial charge on any atom is 0.220 e. The average Bonchev–Trinajstić information content (AvgIpc) is 2.50. The maximum atomic E-state index is 12.1. The Bertz CT molecular complexity index is 521. The molecule has 1 saturated carbocycles. The van der Waals surface area contributed by atoms with Gasteiger partial charge in [0.1, 0.15) is 0 Å². The molecule has 0 radical (unpaired) electrons. The summed E-state index contributed by atoms with van der Waals surface area (Å²) >= 11 is 0. The third-order valence-corrected chi connectivity index (χ3v) is 5.01. The van der Waals surface area contributed by atoms with Crippen LogP contribution in [-0.2, 0) is 4.79 Å². The van der Waals surface area contributed by atoms with Crippen molar-refractivity contribution < 1.29 is 9.59 Å². The number of benzene rings is 1. The second-order valence-corrected chi connectivity index (χ2v) is 6.73. The van der Waals surface area contributed by atoms with Crippen molar-refractivity contribution in [2.75, 3.05) is 0 Å². The Hall–Kier alpha value is -1.64. The molecule has 3 atom stereocenters. The number of aryl methyl sites for hydroxylation is 1. The third-order valence-electron chi connectivity index (χ3n) is 5.01. The molecule has 1 amide bonds. The first-order valence-electron chi connectivity index (χ1n) is 8.36. The van der Waals surface area contributed by atoms with Crippen LogP contribution in [0.4, 0.5) is 0 Å². The molecule has 0 bridgehead atoms. The highest BCUT2D eigenvalue weighted by molar-refractivity contribution is 5.97. The SMILES string of the molecule is Cc1ccc(C(=O)CCC(=O)N[C@@H]2CCC[C@H](C)[C@H]2C)cc1. The molecule has 3 nitrogen and oxygen atoms in total. The molecule has 2 rings (SSSR count).